The van der Waals surface area contributed by atoms with Gasteiger partial charge in [-0.2, -0.15) is 0 Å². The van der Waals surface area contributed by atoms with E-state index in [9.17, 15) is 9.59 Å². The van der Waals surface area contributed by atoms with Crippen LogP contribution in [0.5, 0.6) is 0 Å². The first kappa shape index (κ1) is 14.1. The van der Waals surface area contributed by atoms with Gasteiger partial charge in [0.25, 0.3) is 0 Å². The van der Waals surface area contributed by atoms with Gasteiger partial charge in [-0.1, -0.05) is 12.1 Å². The van der Waals surface area contributed by atoms with Crippen molar-refractivity contribution in [2.24, 2.45) is 0 Å². The molecule has 0 saturated carbocycles. The maximum atomic E-state index is 11.9. The Labute approximate surface area is 106 Å². The molecule has 100 valence electrons. The number of esters is 1. The van der Waals surface area contributed by atoms with Crippen LogP contribution in [0.25, 0.3) is 0 Å². The molecule has 0 aromatic carbocycles. The zero-order valence-corrected chi connectivity index (χ0v) is 10.7. The molecule has 0 N–H and O–H groups in total. The molecule has 18 heavy (non-hydrogen) atoms. The summed E-state index contributed by atoms with van der Waals surface area (Å²) < 4.78 is 6.15. The van der Waals surface area contributed by atoms with Gasteiger partial charge in [-0.25, -0.2) is 0 Å². The first-order valence-corrected chi connectivity index (χ1v) is 5.86. The molecule has 0 unspecified atom stereocenters. The average molecular weight is 254 g/mol. The first-order valence-electron chi connectivity index (χ1n) is 5.86. The molecule has 1 amide bonds. The number of aromatic nitrogens is 3. The lowest BCUT2D eigenvalue weighted by atomic mass is 10.3. The topological polar surface area (TPSA) is 77.3 Å². The van der Waals surface area contributed by atoms with Gasteiger partial charge in [0.1, 0.15) is 6.54 Å². The predicted octanol–water partition coefficient (Wildman–Crippen LogP) is 0.0798. The molecule has 0 aliphatic rings. The Morgan fingerprint density at radius 3 is 2.78 bits per heavy atom. The first-order chi connectivity index (χ1) is 8.67. The lowest BCUT2D eigenvalue weighted by Crippen LogP contribution is -2.37. The van der Waals surface area contributed by atoms with E-state index >= 15 is 0 Å². The number of nitrogens with zero attached hydrogens (tertiary/aromatic N) is 4. The number of rotatable bonds is 7. The summed E-state index contributed by atoms with van der Waals surface area (Å²) in [5.41, 5.74) is 0. The molecular weight excluding hydrogens is 236 g/mol. The van der Waals surface area contributed by atoms with Gasteiger partial charge in [-0.15, -0.1) is 5.10 Å². The standard InChI is InChI=1S/C11H18N4O3/c1-3-6-14(9-11(17)18-2)10(16)4-7-15-8-5-12-13-15/h5,8H,3-4,6-7,9H2,1-2H3. The van der Waals surface area contributed by atoms with Crippen molar-refractivity contribution in [3.63, 3.8) is 0 Å². The second-order valence-corrected chi connectivity index (χ2v) is 3.81. The Hall–Kier alpha value is -1.92. The SMILES string of the molecule is CCCN(CC(=O)OC)C(=O)CCn1ccnn1. The fraction of sp³-hybridized carbons (Fsp3) is 0.636. The zero-order valence-electron chi connectivity index (χ0n) is 10.7. The summed E-state index contributed by atoms with van der Waals surface area (Å²) in [4.78, 5) is 24.6. The molecule has 0 aliphatic carbocycles. The summed E-state index contributed by atoms with van der Waals surface area (Å²) in [6.45, 7) is 2.96. The molecule has 0 radical (unpaired) electrons. The van der Waals surface area contributed by atoms with Gasteiger partial charge in [-0.3, -0.25) is 14.3 Å². The van der Waals surface area contributed by atoms with E-state index in [1.54, 1.807) is 17.1 Å². The molecule has 0 atom stereocenters. The quantitative estimate of drug-likeness (QED) is 0.644. The highest BCUT2D eigenvalue weighted by molar-refractivity contribution is 5.81. The number of hydrogen-bond acceptors (Lipinski definition) is 5. The van der Waals surface area contributed by atoms with Crippen molar-refractivity contribution in [2.75, 3.05) is 20.2 Å². The highest BCUT2D eigenvalue weighted by atomic mass is 16.5. The Morgan fingerprint density at radius 1 is 1.44 bits per heavy atom. The van der Waals surface area contributed by atoms with Gasteiger partial charge in [0.05, 0.1) is 19.9 Å². The van der Waals surface area contributed by atoms with Crippen molar-refractivity contribution < 1.29 is 14.3 Å². The molecule has 1 aromatic rings. The lowest BCUT2D eigenvalue weighted by molar-refractivity contribution is -0.147. The minimum absolute atomic E-state index is 0.000526. The van der Waals surface area contributed by atoms with Gasteiger partial charge < -0.3 is 9.64 Å². The van der Waals surface area contributed by atoms with Crippen molar-refractivity contribution >= 4 is 11.9 Å². The molecule has 1 rings (SSSR count). The monoisotopic (exact) mass is 254 g/mol. The molecule has 0 spiro atoms. The van der Waals surface area contributed by atoms with Crippen LogP contribution in [0.1, 0.15) is 19.8 Å². The molecule has 0 bridgehead atoms. The normalized spacial score (nSPS) is 10.1. The fourth-order valence-corrected chi connectivity index (χ4v) is 1.50. The van der Waals surface area contributed by atoms with Crippen LogP contribution in [0.15, 0.2) is 12.4 Å². The van der Waals surface area contributed by atoms with E-state index < -0.39 is 5.97 Å². The third-order valence-corrected chi connectivity index (χ3v) is 2.42. The van der Waals surface area contributed by atoms with E-state index in [1.807, 2.05) is 6.92 Å². The maximum absolute atomic E-state index is 11.9. The minimum Gasteiger partial charge on any atom is -0.468 e. The largest absolute Gasteiger partial charge is 0.468 e. The number of hydrogen-bond donors (Lipinski definition) is 0. The molecule has 7 heteroatoms. The van der Waals surface area contributed by atoms with Crippen LogP contribution in [-0.2, 0) is 20.9 Å². The van der Waals surface area contributed by atoms with Crippen molar-refractivity contribution in [1.82, 2.24) is 19.9 Å². The zero-order chi connectivity index (χ0) is 13.4. The number of aryl methyl sites for hydroxylation is 1. The molecule has 1 heterocycles. The van der Waals surface area contributed by atoms with Crippen molar-refractivity contribution in [3.8, 4) is 0 Å². The van der Waals surface area contributed by atoms with E-state index in [2.05, 4.69) is 15.0 Å². The van der Waals surface area contributed by atoms with Gasteiger partial charge in [0.2, 0.25) is 5.91 Å². The van der Waals surface area contributed by atoms with Crippen LogP contribution in [0.2, 0.25) is 0 Å². The summed E-state index contributed by atoms with van der Waals surface area (Å²) in [7, 11) is 1.31. The number of methoxy groups -OCH3 is 1. The molecule has 0 saturated heterocycles. The van der Waals surface area contributed by atoms with Gasteiger partial charge >= 0.3 is 5.97 Å². The van der Waals surface area contributed by atoms with Crippen LogP contribution < -0.4 is 0 Å². The van der Waals surface area contributed by atoms with E-state index in [1.165, 1.54) is 12.0 Å². The fourth-order valence-electron chi connectivity index (χ4n) is 1.50. The molecule has 7 nitrogen and oxygen atoms in total. The molecule has 1 aromatic heterocycles. The summed E-state index contributed by atoms with van der Waals surface area (Å²) in [6.07, 6.45) is 4.34. The number of ether oxygens (including phenoxy) is 1. The predicted molar refractivity (Wildman–Crippen MR) is 63.5 cm³/mol. The third kappa shape index (κ3) is 4.52. The second-order valence-electron chi connectivity index (χ2n) is 3.81. The van der Waals surface area contributed by atoms with Crippen LogP contribution in [0, 0.1) is 0 Å². The van der Waals surface area contributed by atoms with Crippen LogP contribution in [0.3, 0.4) is 0 Å². The Balaban J connectivity index is 2.45. The summed E-state index contributed by atoms with van der Waals surface area (Å²) >= 11 is 0. The van der Waals surface area contributed by atoms with E-state index in [-0.39, 0.29) is 12.5 Å². The number of amides is 1. The van der Waals surface area contributed by atoms with Gasteiger partial charge in [0, 0.05) is 19.2 Å². The minimum atomic E-state index is -0.405. The van der Waals surface area contributed by atoms with E-state index in [0.29, 0.717) is 19.5 Å². The Bertz CT molecular complexity index is 378. The summed E-state index contributed by atoms with van der Waals surface area (Å²) in [5.74, 6) is -0.490. The van der Waals surface area contributed by atoms with E-state index in [4.69, 9.17) is 0 Å². The highest BCUT2D eigenvalue weighted by Gasteiger charge is 2.16. The van der Waals surface area contributed by atoms with Crippen molar-refractivity contribution in [2.45, 2.75) is 26.3 Å². The number of carbonyl (C=O) groups excluding carboxylic acids is 2. The van der Waals surface area contributed by atoms with E-state index in [0.717, 1.165) is 6.42 Å². The maximum Gasteiger partial charge on any atom is 0.325 e. The van der Waals surface area contributed by atoms with Crippen LogP contribution in [-0.4, -0.2) is 52.0 Å². The van der Waals surface area contributed by atoms with Crippen LogP contribution in [0.4, 0.5) is 0 Å². The molecule has 0 fully saturated rings. The number of carbonyl (C=O) groups is 2. The average Bonchev–Trinajstić information content (AvgIpc) is 2.88. The Kier molecular flexibility index (Phi) is 5.83. The molecule has 0 aliphatic heterocycles. The smallest absolute Gasteiger partial charge is 0.325 e. The lowest BCUT2D eigenvalue weighted by Gasteiger charge is -2.20. The second kappa shape index (κ2) is 7.41. The van der Waals surface area contributed by atoms with Gasteiger partial charge in [0.15, 0.2) is 0 Å². The highest BCUT2D eigenvalue weighted by Crippen LogP contribution is 1.99. The van der Waals surface area contributed by atoms with Crippen molar-refractivity contribution in [3.05, 3.63) is 12.4 Å². The van der Waals surface area contributed by atoms with Crippen molar-refractivity contribution in [1.29, 1.82) is 0 Å². The molecular formula is C11H18N4O3. The Morgan fingerprint density at radius 2 is 2.22 bits per heavy atom. The van der Waals surface area contributed by atoms with Gasteiger partial charge in [-0.05, 0) is 6.42 Å². The third-order valence-electron chi connectivity index (χ3n) is 2.42. The summed E-state index contributed by atoms with van der Waals surface area (Å²) in [6, 6.07) is 0. The van der Waals surface area contributed by atoms with Crippen LogP contribution >= 0.6 is 0 Å². The summed E-state index contributed by atoms with van der Waals surface area (Å²) in [5, 5.41) is 7.43.